The number of nitrogens with zero attached hydrogens (tertiary/aromatic N) is 2. The molecule has 7 nitrogen and oxygen atoms in total. The maximum Gasteiger partial charge on any atom is 0.352 e. The number of rotatable bonds is 4. The molecule has 3 heterocycles. The quantitative estimate of drug-likeness (QED) is 0.381. The van der Waals surface area contributed by atoms with Gasteiger partial charge in [0.1, 0.15) is 17.1 Å². The summed E-state index contributed by atoms with van der Waals surface area (Å²) in [5, 5.41) is 18.5. The summed E-state index contributed by atoms with van der Waals surface area (Å²) in [6.07, 6.45) is 6.87. The van der Waals surface area contributed by atoms with Gasteiger partial charge in [0.25, 0.3) is 0 Å². The van der Waals surface area contributed by atoms with Crippen LogP contribution in [0.4, 0.5) is 0 Å². The second-order valence-corrected chi connectivity index (χ2v) is 6.38. The number of aromatic nitrogens is 1. The Balaban J connectivity index is 0.00000208. The molecule has 24 heavy (non-hydrogen) atoms. The zero-order valence-electron chi connectivity index (χ0n) is 12.5. The number of aromatic hydroxyl groups is 1. The second kappa shape index (κ2) is 7.25. The highest BCUT2D eigenvalue weighted by Gasteiger charge is 2.51. The molecule has 0 saturated carbocycles. The Morgan fingerprint density at radius 3 is 2.96 bits per heavy atom. The average Bonchev–Trinajstić information content (AvgIpc) is 2.53. The van der Waals surface area contributed by atoms with Crippen LogP contribution in [0.15, 0.2) is 47.9 Å². The van der Waals surface area contributed by atoms with E-state index in [0.717, 1.165) is 0 Å². The van der Waals surface area contributed by atoms with Crippen molar-refractivity contribution in [2.75, 3.05) is 5.75 Å². The first-order valence-electron chi connectivity index (χ1n) is 7.00. The van der Waals surface area contributed by atoms with Gasteiger partial charge in [-0.15, -0.1) is 11.8 Å². The fourth-order valence-electron chi connectivity index (χ4n) is 2.61. The van der Waals surface area contributed by atoms with Crippen LogP contribution in [0.25, 0.3) is 0 Å². The summed E-state index contributed by atoms with van der Waals surface area (Å²) in [6, 6.07) is 2.66. The highest BCUT2D eigenvalue weighted by molar-refractivity contribution is 8.00. The van der Waals surface area contributed by atoms with Crippen LogP contribution in [0.2, 0.25) is 0 Å². The SMILES string of the molecule is N[C@@H]1C(=O)N2C(C(=O)O)=C(C=CC[n+]3cccc(O)c3)CS[C@H]12.[Cl-]. The molecule has 2 aliphatic heterocycles. The minimum absolute atomic E-state index is 0. The third kappa shape index (κ3) is 3.26. The number of aliphatic carboxylic acids is 1. The molecule has 1 saturated heterocycles. The first-order valence-corrected chi connectivity index (χ1v) is 8.05. The highest BCUT2D eigenvalue weighted by atomic mass is 35.5. The molecule has 0 radical (unpaired) electrons. The molecular formula is C15H16ClN3O4S. The number of halogens is 1. The molecule has 4 N–H and O–H groups in total. The van der Waals surface area contributed by atoms with Gasteiger partial charge in [-0.3, -0.25) is 9.69 Å². The molecule has 1 amide bonds. The van der Waals surface area contributed by atoms with Crippen LogP contribution in [0.5, 0.6) is 5.75 Å². The van der Waals surface area contributed by atoms with Crippen LogP contribution >= 0.6 is 11.8 Å². The molecule has 0 spiro atoms. The number of allylic oxidation sites excluding steroid dienone is 2. The van der Waals surface area contributed by atoms with E-state index in [1.807, 2.05) is 0 Å². The smallest absolute Gasteiger partial charge is 0.352 e. The third-order valence-electron chi connectivity index (χ3n) is 3.72. The number of thioether (sulfide) groups is 1. The van der Waals surface area contributed by atoms with Crippen LogP contribution in [0.3, 0.4) is 0 Å². The summed E-state index contributed by atoms with van der Waals surface area (Å²) in [4.78, 5) is 24.6. The van der Waals surface area contributed by atoms with E-state index in [9.17, 15) is 19.8 Å². The molecule has 2 atom stereocenters. The van der Waals surface area contributed by atoms with Gasteiger partial charge < -0.3 is 28.4 Å². The Morgan fingerprint density at radius 1 is 1.54 bits per heavy atom. The monoisotopic (exact) mass is 369 g/mol. The summed E-state index contributed by atoms with van der Waals surface area (Å²) in [7, 11) is 0. The molecule has 0 aliphatic carbocycles. The molecule has 128 valence electrons. The number of pyridine rings is 1. The zero-order valence-corrected chi connectivity index (χ0v) is 14.1. The van der Waals surface area contributed by atoms with Crippen molar-refractivity contribution < 1.29 is 36.8 Å². The normalized spacial score (nSPS) is 22.9. The predicted octanol–water partition coefficient (Wildman–Crippen LogP) is -3.18. The number of hydrogen-bond donors (Lipinski definition) is 3. The number of carbonyl (C=O) groups excluding carboxylic acids is 1. The van der Waals surface area contributed by atoms with Crippen molar-refractivity contribution in [1.82, 2.24) is 4.90 Å². The van der Waals surface area contributed by atoms with Gasteiger partial charge in [0.2, 0.25) is 12.1 Å². The second-order valence-electron chi connectivity index (χ2n) is 5.28. The summed E-state index contributed by atoms with van der Waals surface area (Å²) in [6.45, 7) is 0.479. The highest BCUT2D eigenvalue weighted by Crippen LogP contribution is 2.39. The lowest BCUT2D eigenvalue weighted by atomic mass is 10.0. The minimum atomic E-state index is -1.12. The Morgan fingerprint density at radius 2 is 2.29 bits per heavy atom. The lowest BCUT2D eigenvalue weighted by Crippen LogP contribution is -3.00. The largest absolute Gasteiger partial charge is 1.00 e. The Bertz CT molecular complexity index is 737. The average molecular weight is 370 g/mol. The minimum Gasteiger partial charge on any atom is -1.00 e. The summed E-state index contributed by atoms with van der Waals surface area (Å²) in [5.74, 6) is -0.832. The number of carboxylic acids is 1. The van der Waals surface area contributed by atoms with Crippen molar-refractivity contribution in [3.05, 3.63) is 47.9 Å². The van der Waals surface area contributed by atoms with Crippen LogP contribution in [-0.4, -0.2) is 44.2 Å². The van der Waals surface area contributed by atoms with E-state index in [4.69, 9.17) is 5.73 Å². The van der Waals surface area contributed by atoms with Gasteiger partial charge in [-0.05, 0) is 17.7 Å². The number of nitrogens with two attached hydrogens (primary N) is 1. The molecule has 0 aromatic carbocycles. The fraction of sp³-hybridized carbons (Fsp3) is 0.267. The van der Waals surface area contributed by atoms with Crippen molar-refractivity contribution in [1.29, 1.82) is 0 Å². The number of hydrogen-bond acceptors (Lipinski definition) is 5. The standard InChI is InChI=1S/C15H15N3O4S.ClH/c16-11-13(20)18-12(15(21)22)9(8-23-14(11)18)3-1-5-17-6-2-4-10(19)7-17;/h1-4,6-7,11,14H,5,8,16H2,(H-,19,21,22);1H/t11-,14-;/m1./s1. The first kappa shape index (κ1) is 18.3. The molecule has 0 unspecified atom stereocenters. The van der Waals surface area contributed by atoms with Crippen molar-refractivity contribution in [2.45, 2.75) is 18.0 Å². The number of carboxylic acid groups (broad SMARTS) is 1. The van der Waals surface area contributed by atoms with E-state index < -0.39 is 12.0 Å². The van der Waals surface area contributed by atoms with E-state index in [1.54, 1.807) is 41.2 Å². The van der Waals surface area contributed by atoms with Crippen LogP contribution < -0.4 is 22.7 Å². The molecule has 0 bridgehead atoms. The Kier molecular flexibility index (Phi) is 5.53. The maximum atomic E-state index is 11.8. The van der Waals surface area contributed by atoms with Crippen LogP contribution in [-0.2, 0) is 16.1 Å². The summed E-state index contributed by atoms with van der Waals surface area (Å²) in [5.41, 5.74) is 6.30. The van der Waals surface area contributed by atoms with Gasteiger partial charge in [-0.2, -0.15) is 4.57 Å². The van der Waals surface area contributed by atoms with Crippen molar-refractivity contribution in [3.63, 3.8) is 0 Å². The third-order valence-corrected chi connectivity index (χ3v) is 5.04. The molecule has 3 rings (SSSR count). The van der Waals surface area contributed by atoms with E-state index >= 15 is 0 Å². The van der Waals surface area contributed by atoms with Gasteiger partial charge in [-0.25, -0.2) is 4.79 Å². The van der Waals surface area contributed by atoms with Gasteiger partial charge in [0.15, 0.2) is 18.5 Å². The predicted molar refractivity (Wildman–Crippen MR) is 83.2 cm³/mol. The zero-order chi connectivity index (χ0) is 16.6. The molecular weight excluding hydrogens is 354 g/mol. The van der Waals surface area contributed by atoms with E-state index in [1.165, 1.54) is 16.7 Å². The van der Waals surface area contributed by atoms with Gasteiger partial charge in [0, 0.05) is 11.8 Å². The van der Waals surface area contributed by atoms with Crippen molar-refractivity contribution >= 4 is 23.6 Å². The number of carbonyl (C=O) groups is 2. The van der Waals surface area contributed by atoms with Gasteiger partial charge in [-0.1, -0.05) is 6.08 Å². The maximum absolute atomic E-state index is 11.8. The lowest BCUT2D eigenvalue weighted by Gasteiger charge is -2.47. The number of β-lactam (4-membered cyclic amide) rings is 1. The van der Waals surface area contributed by atoms with E-state index in [-0.39, 0.29) is 35.1 Å². The number of fused-ring (bicyclic) bond motifs is 1. The first-order chi connectivity index (χ1) is 11.0. The molecule has 1 fully saturated rings. The van der Waals surface area contributed by atoms with Gasteiger partial charge in [0.05, 0.1) is 0 Å². The van der Waals surface area contributed by atoms with Crippen LogP contribution in [0.1, 0.15) is 0 Å². The molecule has 2 aliphatic rings. The summed E-state index contributed by atoms with van der Waals surface area (Å²) < 4.78 is 1.76. The number of amides is 1. The molecule has 9 heteroatoms. The fourth-order valence-corrected chi connectivity index (χ4v) is 3.87. The molecule has 1 aromatic heterocycles. The Labute approximate surface area is 148 Å². The topological polar surface area (TPSA) is 108 Å². The van der Waals surface area contributed by atoms with E-state index in [0.29, 0.717) is 17.9 Å². The van der Waals surface area contributed by atoms with E-state index in [2.05, 4.69) is 0 Å². The Hall–Kier alpha value is -2.03. The van der Waals surface area contributed by atoms with Gasteiger partial charge >= 0.3 is 5.97 Å². The lowest BCUT2D eigenvalue weighted by molar-refractivity contribution is -0.687. The van der Waals surface area contributed by atoms with Crippen LogP contribution in [0, 0.1) is 0 Å². The summed E-state index contributed by atoms with van der Waals surface area (Å²) >= 11 is 1.46. The van der Waals surface area contributed by atoms with Crippen molar-refractivity contribution in [2.24, 2.45) is 5.73 Å². The molecule has 1 aromatic rings. The van der Waals surface area contributed by atoms with Crippen molar-refractivity contribution in [3.8, 4) is 5.75 Å².